The molecule has 136 valence electrons. The van der Waals surface area contributed by atoms with E-state index in [2.05, 4.69) is 23.2 Å². The zero-order valence-electron chi connectivity index (χ0n) is 14.6. The number of benzene rings is 1. The van der Waals surface area contributed by atoms with Gasteiger partial charge in [-0.15, -0.1) is 0 Å². The number of aromatic amines is 1. The molecule has 1 N–H and O–H groups in total. The number of likely N-dealkylation sites (tertiary alicyclic amines) is 1. The topological polar surface area (TPSA) is 71.6 Å². The fourth-order valence-corrected chi connectivity index (χ4v) is 4.69. The van der Waals surface area contributed by atoms with Crippen LogP contribution in [0.5, 0.6) is 0 Å². The van der Waals surface area contributed by atoms with Crippen LogP contribution in [0, 0.1) is 0 Å². The number of fused-ring (bicyclic) bond motifs is 3. The van der Waals surface area contributed by atoms with E-state index in [1.54, 1.807) is 0 Å². The number of hydrogen-bond donors (Lipinski definition) is 1. The van der Waals surface area contributed by atoms with Gasteiger partial charge in [0.1, 0.15) is 6.61 Å². The third-order valence-electron chi connectivity index (χ3n) is 6.15. The maximum atomic E-state index is 13.2. The molecule has 6 heteroatoms. The number of aryl methyl sites for hydroxylation is 1. The minimum Gasteiger partial charge on any atom is -0.430 e. The van der Waals surface area contributed by atoms with E-state index in [1.165, 1.54) is 10.9 Å². The lowest BCUT2D eigenvalue weighted by atomic mass is 9.84. The molecular weight excluding hydrogens is 332 g/mol. The average molecular weight is 354 g/mol. The maximum Gasteiger partial charge on any atom is 0.509 e. The van der Waals surface area contributed by atoms with E-state index in [-0.39, 0.29) is 11.8 Å². The quantitative estimate of drug-likeness (QED) is 0.799. The third kappa shape index (κ3) is 2.39. The highest BCUT2D eigenvalue weighted by atomic mass is 16.8. The Balaban J connectivity index is 1.37. The van der Waals surface area contributed by atoms with Gasteiger partial charge in [0, 0.05) is 42.5 Å². The average Bonchev–Trinajstić information content (AvgIpc) is 3.22. The van der Waals surface area contributed by atoms with E-state index in [1.807, 2.05) is 11.0 Å². The number of nitrogens with one attached hydrogen (secondary N) is 1. The molecule has 5 rings (SSSR count). The van der Waals surface area contributed by atoms with Crippen molar-refractivity contribution in [1.82, 2.24) is 9.88 Å². The molecule has 1 aliphatic carbocycles. The van der Waals surface area contributed by atoms with Gasteiger partial charge in [-0.1, -0.05) is 18.2 Å². The lowest BCUT2D eigenvalue weighted by molar-refractivity contribution is -0.136. The Bertz CT molecular complexity index is 879. The predicted octanol–water partition coefficient (Wildman–Crippen LogP) is 3.12. The zero-order valence-corrected chi connectivity index (χ0v) is 14.6. The number of ether oxygens (including phenoxy) is 2. The van der Waals surface area contributed by atoms with Crippen LogP contribution in [0.4, 0.5) is 4.79 Å². The van der Waals surface area contributed by atoms with Crippen LogP contribution in [-0.4, -0.2) is 47.2 Å². The molecule has 6 nitrogen and oxygen atoms in total. The number of cyclic esters (lactones) is 1. The summed E-state index contributed by atoms with van der Waals surface area (Å²) < 4.78 is 10.3. The normalized spacial score (nSPS) is 24.4. The van der Waals surface area contributed by atoms with Crippen LogP contribution in [0.2, 0.25) is 0 Å². The molecule has 1 unspecified atom stereocenters. The summed E-state index contributed by atoms with van der Waals surface area (Å²) in [7, 11) is 0. The summed E-state index contributed by atoms with van der Waals surface area (Å²) >= 11 is 0. The van der Waals surface area contributed by atoms with Crippen molar-refractivity contribution in [2.75, 3.05) is 19.7 Å². The maximum absolute atomic E-state index is 13.2. The van der Waals surface area contributed by atoms with Crippen LogP contribution < -0.4 is 0 Å². The van der Waals surface area contributed by atoms with Crippen molar-refractivity contribution < 1.29 is 19.1 Å². The fraction of sp³-hybridized carbons (Fsp3) is 0.500. The first-order valence-corrected chi connectivity index (χ1v) is 9.39. The van der Waals surface area contributed by atoms with Gasteiger partial charge in [-0.3, -0.25) is 4.79 Å². The van der Waals surface area contributed by atoms with Crippen molar-refractivity contribution in [2.45, 2.75) is 43.6 Å². The van der Waals surface area contributed by atoms with Gasteiger partial charge in [0.05, 0.1) is 5.92 Å². The highest BCUT2D eigenvalue weighted by Gasteiger charge is 2.46. The van der Waals surface area contributed by atoms with Crippen molar-refractivity contribution in [1.29, 1.82) is 0 Å². The Morgan fingerprint density at radius 2 is 2.04 bits per heavy atom. The monoisotopic (exact) mass is 354 g/mol. The van der Waals surface area contributed by atoms with Crippen LogP contribution in [0.3, 0.4) is 0 Å². The molecule has 1 aromatic heterocycles. The molecule has 0 bridgehead atoms. The van der Waals surface area contributed by atoms with E-state index >= 15 is 0 Å². The number of para-hydroxylation sites is 1. The minimum absolute atomic E-state index is 0.0948. The first-order valence-electron chi connectivity index (χ1n) is 9.39. The van der Waals surface area contributed by atoms with Gasteiger partial charge >= 0.3 is 6.16 Å². The van der Waals surface area contributed by atoms with Crippen LogP contribution in [-0.2, 0) is 20.7 Å². The molecule has 1 aromatic carbocycles. The first-order chi connectivity index (χ1) is 12.7. The molecule has 2 aliphatic heterocycles. The number of carbonyl (C=O) groups excluding carboxylic acids is 2. The molecule has 0 radical (unpaired) electrons. The molecule has 2 fully saturated rings. The summed E-state index contributed by atoms with van der Waals surface area (Å²) in [5.41, 5.74) is 2.99. The Kier molecular flexibility index (Phi) is 3.48. The Labute approximate surface area is 151 Å². The van der Waals surface area contributed by atoms with Gasteiger partial charge in [-0.2, -0.15) is 0 Å². The van der Waals surface area contributed by atoms with Crippen molar-refractivity contribution in [2.24, 2.45) is 0 Å². The lowest BCUT2D eigenvalue weighted by Gasteiger charge is -2.38. The summed E-state index contributed by atoms with van der Waals surface area (Å²) in [4.78, 5) is 29.9. The van der Waals surface area contributed by atoms with Crippen molar-refractivity contribution >= 4 is 23.0 Å². The van der Waals surface area contributed by atoms with Gasteiger partial charge in [-0.05, 0) is 30.9 Å². The molecule has 0 saturated carbocycles. The second-order valence-electron chi connectivity index (χ2n) is 7.66. The summed E-state index contributed by atoms with van der Waals surface area (Å²) in [6.07, 6.45) is 3.67. The standard InChI is InChI=1S/C20H22N2O4/c23-18(22-10-8-20(9-11-22)12-25-19(24)26-20)15-6-3-5-14-13-4-1-2-7-16(13)21-17(14)15/h1-2,4,7,15,21H,3,5-6,8-12H2. The first kappa shape index (κ1) is 15.7. The van der Waals surface area contributed by atoms with Crippen LogP contribution in [0.1, 0.15) is 42.9 Å². The molecule has 1 amide bonds. The Morgan fingerprint density at radius 1 is 1.23 bits per heavy atom. The van der Waals surface area contributed by atoms with Crippen molar-refractivity contribution in [3.8, 4) is 0 Å². The zero-order chi connectivity index (χ0) is 17.7. The molecule has 1 spiro atoms. The van der Waals surface area contributed by atoms with Gasteiger partial charge in [0.25, 0.3) is 0 Å². The number of carbonyl (C=O) groups is 2. The molecule has 2 saturated heterocycles. The molecule has 26 heavy (non-hydrogen) atoms. The van der Waals surface area contributed by atoms with Gasteiger partial charge in [0.15, 0.2) is 5.60 Å². The molecule has 2 aromatic rings. The predicted molar refractivity (Wildman–Crippen MR) is 95.0 cm³/mol. The van der Waals surface area contributed by atoms with E-state index in [0.29, 0.717) is 32.5 Å². The van der Waals surface area contributed by atoms with Gasteiger partial charge in [0.2, 0.25) is 5.91 Å². The van der Waals surface area contributed by atoms with Crippen LogP contribution >= 0.6 is 0 Å². The number of piperidine rings is 1. The second kappa shape index (κ2) is 5.76. The van der Waals surface area contributed by atoms with Gasteiger partial charge < -0.3 is 19.4 Å². The molecule has 3 aliphatic rings. The summed E-state index contributed by atoms with van der Waals surface area (Å²) in [6, 6.07) is 8.29. The highest BCUT2D eigenvalue weighted by molar-refractivity contribution is 5.90. The number of H-pyrrole nitrogens is 1. The summed E-state index contributed by atoms with van der Waals surface area (Å²) in [6.45, 7) is 1.53. The number of hydrogen-bond acceptors (Lipinski definition) is 4. The Hall–Kier alpha value is -2.50. The SMILES string of the molecule is O=C1OCC2(CCN(C(=O)C3CCCc4c3[nH]c3ccccc43)CC2)O1. The van der Waals surface area contributed by atoms with E-state index in [0.717, 1.165) is 30.5 Å². The number of amides is 1. The summed E-state index contributed by atoms with van der Waals surface area (Å²) in [5, 5.41) is 1.24. The fourth-order valence-electron chi connectivity index (χ4n) is 4.69. The Morgan fingerprint density at radius 3 is 2.81 bits per heavy atom. The van der Waals surface area contributed by atoms with Crippen LogP contribution in [0.15, 0.2) is 24.3 Å². The minimum atomic E-state index is -0.584. The smallest absolute Gasteiger partial charge is 0.430 e. The van der Waals surface area contributed by atoms with Crippen LogP contribution in [0.25, 0.3) is 10.9 Å². The lowest BCUT2D eigenvalue weighted by Crippen LogP contribution is -2.49. The summed E-state index contributed by atoms with van der Waals surface area (Å²) in [5.74, 6) is 0.0974. The number of rotatable bonds is 1. The number of nitrogens with zero attached hydrogens (tertiary/aromatic N) is 1. The molecule has 1 atom stereocenters. The van der Waals surface area contributed by atoms with E-state index in [9.17, 15) is 9.59 Å². The molecule has 3 heterocycles. The van der Waals surface area contributed by atoms with E-state index < -0.39 is 11.8 Å². The second-order valence-corrected chi connectivity index (χ2v) is 7.66. The van der Waals surface area contributed by atoms with Crippen molar-refractivity contribution in [3.05, 3.63) is 35.5 Å². The van der Waals surface area contributed by atoms with Gasteiger partial charge in [-0.25, -0.2) is 4.79 Å². The molecular formula is C20H22N2O4. The van der Waals surface area contributed by atoms with Crippen molar-refractivity contribution in [3.63, 3.8) is 0 Å². The number of aromatic nitrogens is 1. The largest absolute Gasteiger partial charge is 0.509 e. The van der Waals surface area contributed by atoms with E-state index in [4.69, 9.17) is 9.47 Å². The highest BCUT2D eigenvalue weighted by Crippen LogP contribution is 2.38. The third-order valence-corrected chi connectivity index (χ3v) is 6.15.